The summed E-state index contributed by atoms with van der Waals surface area (Å²) < 4.78 is 4.22. The quantitative estimate of drug-likeness (QED) is 0.698. The molecule has 0 aliphatic rings. The normalized spacial score (nSPS) is 10.9. The summed E-state index contributed by atoms with van der Waals surface area (Å²) in [6, 6.07) is 8.01. The molecule has 20 heavy (non-hydrogen) atoms. The molecule has 0 saturated carbocycles. The highest BCUT2D eigenvalue weighted by Crippen LogP contribution is 2.25. The number of H-pyrrole nitrogens is 1. The van der Waals surface area contributed by atoms with E-state index in [0.717, 1.165) is 28.1 Å². The highest BCUT2D eigenvalue weighted by atomic mass is 32.1. The van der Waals surface area contributed by atoms with Crippen LogP contribution >= 0.6 is 12.2 Å². The van der Waals surface area contributed by atoms with E-state index in [9.17, 15) is 5.26 Å². The average Bonchev–Trinajstić information content (AvgIpc) is 2.87. The Labute approximate surface area is 121 Å². The van der Waals surface area contributed by atoms with Crippen molar-refractivity contribution in [2.75, 3.05) is 0 Å². The van der Waals surface area contributed by atoms with Crippen molar-refractivity contribution in [3.8, 4) is 11.8 Å². The maximum atomic E-state index is 9.41. The molecule has 3 aromatic rings. The summed E-state index contributed by atoms with van der Waals surface area (Å²) in [6.07, 6.45) is 0. The fraction of sp³-hybridized carbons (Fsp3) is 0.214. The molecule has 1 aromatic carbocycles. The molecule has 0 aliphatic heterocycles. The maximum Gasteiger partial charge on any atom is 0.184 e. The molecule has 0 radical (unpaired) electrons. The van der Waals surface area contributed by atoms with E-state index >= 15 is 0 Å². The van der Waals surface area contributed by atoms with Gasteiger partial charge in [-0.1, -0.05) is 12.1 Å². The smallest absolute Gasteiger partial charge is 0.184 e. The Kier molecular flexibility index (Phi) is 2.73. The van der Waals surface area contributed by atoms with Crippen LogP contribution in [0.3, 0.4) is 0 Å². The van der Waals surface area contributed by atoms with Crippen molar-refractivity contribution in [2.45, 2.75) is 13.8 Å². The van der Waals surface area contributed by atoms with Crippen LogP contribution in [0.15, 0.2) is 18.2 Å². The number of fused-ring (bicyclic) bond motifs is 1. The number of hydrogen-bond donors (Lipinski definition) is 1. The Hall–Kier alpha value is -2.39. The van der Waals surface area contributed by atoms with Gasteiger partial charge in [-0.25, -0.2) is 4.68 Å². The molecule has 0 bridgehead atoms. The molecule has 3 rings (SSSR count). The van der Waals surface area contributed by atoms with Gasteiger partial charge >= 0.3 is 0 Å². The summed E-state index contributed by atoms with van der Waals surface area (Å²) >= 11 is 5.42. The Morgan fingerprint density at radius 3 is 2.80 bits per heavy atom. The Morgan fingerprint density at radius 2 is 2.10 bits per heavy atom. The van der Waals surface area contributed by atoms with Gasteiger partial charge in [0.1, 0.15) is 11.6 Å². The lowest BCUT2D eigenvalue weighted by Crippen LogP contribution is -2.03. The van der Waals surface area contributed by atoms with Crippen LogP contribution in [0.1, 0.15) is 16.8 Å². The first kappa shape index (κ1) is 12.6. The first-order valence-corrected chi connectivity index (χ1v) is 6.60. The Balaban J connectivity index is 2.48. The first-order valence-electron chi connectivity index (χ1n) is 6.19. The SMILES string of the molecule is Cc1cccc(-n2c(=S)[nH]c3c(C)nn(C)c32)c1C#N. The monoisotopic (exact) mass is 283 g/mol. The van der Waals surface area contributed by atoms with Gasteiger partial charge in [0.15, 0.2) is 10.4 Å². The van der Waals surface area contributed by atoms with Gasteiger partial charge < -0.3 is 4.98 Å². The van der Waals surface area contributed by atoms with E-state index in [1.54, 1.807) is 4.68 Å². The molecule has 0 amide bonds. The summed E-state index contributed by atoms with van der Waals surface area (Å²) in [6.45, 7) is 3.85. The van der Waals surface area contributed by atoms with Crippen LogP contribution in [-0.4, -0.2) is 19.3 Å². The van der Waals surface area contributed by atoms with Crippen LogP contribution in [0.4, 0.5) is 0 Å². The molecule has 0 spiro atoms. The van der Waals surface area contributed by atoms with E-state index in [1.807, 2.05) is 43.7 Å². The van der Waals surface area contributed by atoms with E-state index in [1.165, 1.54) is 0 Å². The van der Waals surface area contributed by atoms with E-state index in [4.69, 9.17) is 12.2 Å². The van der Waals surface area contributed by atoms with Gasteiger partial charge in [0.05, 0.1) is 16.9 Å². The summed E-state index contributed by atoms with van der Waals surface area (Å²) in [5.74, 6) is 0. The van der Waals surface area contributed by atoms with Crippen LogP contribution in [0.25, 0.3) is 16.9 Å². The highest BCUT2D eigenvalue weighted by molar-refractivity contribution is 7.71. The summed E-state index contributed by atoms with van der Waals surface area (Å²) in [5, 5.41) is 13.8. The zero-order chi connectivity index (χ0) is 14.4. The van der Waals surface area contributed by atoms with E-state index in [0.29, 0.717) is 10.3 Å². The van der Waals surface area contributed by atoms with Crippen molar-refractivity contribution in [2.24, 2.45) is 7.05 Å². The molecular formula is C14H13N5S. The lowest BCUT2D eigenvalue weighted by atomic mass is 10.1. The number of aromatic amines is 1. The number of aromatic nitrogens is 4. The van der Waals surface area contributed by atoms with Crippen LogP contribution < -0.4 is 0 Å². The van der Waals surface area contributed by atoms with Gasteiger partial charge in [0.2, 0.25) is 0 Å². The maximum absolute atomic E-state index is 9.41. The molecule has 0 atom stereocenters. The van der Waals surface area contributed by atoms with Crippen molar-refractivity contribution in [3.63, 3.8) is 0 Å². The molecule has 5 nitrogen and oxygen atoms in total. The lowest BCUT2D eigenvalue weighted by molar-refractivity contribution is 0.759. The molecule has 0 unspecified atom stereocenters. The van der Waals surface area contributed by atoms with Gasteiger partial charge in [0.25, 0.3) is 0 Å². The minimum absolute atomic E-state index is 0.568. The van der Waals surface area contributed by atoms with Gasteiger partial charge in [-0.3, -0.25) is 4.57 Å². The summed E-state index contributed by atoms with van der Waals surface area (Å²) in [4.78, 5) is 3.17. The summed E-state index contributed by atoms with van der Waals surface area (Å²) in [5.41, 5.74) is 5.01. The van der Waals surface area contributed by atoms with E-state index < -0.39 is 0 Å². The number of hydrogen-bond acceptors (Lipinski definition) is 3. The lowest BCUT2D eigenvalue weighted by Gasteiger charge is -2.08. The average molecular weight is 283 g/mol. The molecule has 2 aromatic heterocycles. The fourth-order valence-electron chi connectivity index (χ4n) is 2.52. The van der Waals surface area contributed by atoms with Crippen molar-refractivity contribution in [1.29, 1.82) is 5.26 Å². The highest BCUT2D eigenvalue weighted by Gasteiger charge is 2.16. The number of imidazole rings is 1. The third-order valence-electron chi connectivity index (χ3n) is 3.44. The minimum atomic E-state index is 0.568. The second kappa shape index (κ2) is 4.32. The Morgan fingerprint density at radius 1 is 1.35 bits per heavy atom. The summed E-state index contributed by atoms with van der Waals surface area (Å²) in [7, 11) is 1.87. The molecule has 1 N–H and O–H groups in total. The molecule has 100 valence electrons. The van der Waals surface area contributed by atoms with Crippen LogP contribution in [0.2, 0.25) is 0 Å². The van der Waals surface area contributed by atoms with Gasteiger partial charge in [0, 0.05) is 7.05 Å². The van der Waals surface area contributed by atoms with Crippen LogP contribution in [-0.2, 0) is 7.05 Å². The molecule has 0 fully saturated rings. The van der Waals surface area contributed by atoms with Crippen molar-refractivity contribution in [3.05, 3.63) is 39.8 Å². The zero-order valence-corrected chi connectivity index (χ0v) is 12.2. The van der Waals surface area contributed by atoms with Crippen LogP contribution in [0, 0.1) is 29.9 Å². The van der Waals surface area contributed by atoms with Crippen molar-refractivity contribution < 1.29 is 0 Å². The molecule has 0 aliphatic carbocycles. The third kappa shape index (κ3) is 1.60. The van der Waals surface area contributed by atoms with E-state index in [-0.39, 0.29) is 0 Å². The van der Waals surface area contributed by atoms with Gasteiger partial charge in [-0.05, 0) is 37.7 Å². The second-order valence-corrected chi connectivity index (χ2v) is 5.14. The zero-order valence-electron chi connectivity index (χ0n) is 11.4. The standard InChI is InChI=1S/C14H13N5S/c1-8-5-4-6-11(10(8)7-15)19-13-12(16-14(19)20)9(2)17-18(13)3/h4-6H,1-3H3,(H,16,20). The van der Waals surface area contributed by atoms with Crippen LogP contribution in [0.5, 0.6) is 0 Å². The molecular weight excluding hydrogens is 270 g/mol. The molecule has 0 saturated heterocycles. The molecule has 6 heteroatoms. The largest absolute Gasteiger partial charge is 0.327 e. The number of nitrogens with one attached hydrogen (secondary N) is 1. The van der Waals surface area contributed by atoms with Gasteiger partial charge in [-0.2, -0.15) is 10.4 Å². The van der Waals surface area contributed by atoms with Crippen molar-refractivity contribution >= 4 is 23.4 Å². The second-order valence-electron chi connectivity index (χ2n) is 4.75. The van der Waals surface area contributed by atoms with Crippen molar-refractivity contribution in [1.82, 2.24) is 19.3 Å². The fourth-order valence-corrected chi connectivity index (χ4v) is 2.80. The Bertz CT molecular complexity index is 920. The number of benzene rings is 1. The number of rotatable bonds is 1. The first-order chi connectivity index (χ1) is 9.54. The number of nitriles is 1. The minimum Gasteiger partial charge on any atom is -0.327 e. The number of nitrogens with zero attached hydrogens (tertiary/aromatic N) is 4. The predicted molar refractivity (Wildman–Crippen MR) is 79.4 cm³/mol. The number of aryl methyl sites for hydroxylation is 3. The van der Waals surface area contributed by atoms with E-state index in [2.05, 4.69) is 16.2 Å². The third-order valence-corrected chi connectivity index (χ3v) is 3.73. The van der Waals surface area contributed by atoms with Gasteiger partial charge in [-0.15, -0.1) is 0 Å². The topological polar surface area (TPSA) is 62.3 Å². The predicted octanol–water partition coefficient (Wildman–Crippen LogP) is 2.91. The molecule has 2 heterocycles.